The van der Waals surface area contributed by atoms with Crippen molar-refractivity contribution in [3.63, 3.8) is 0 Å². The van der Waals surface area contributed by atoms with Crippen molar-refractivity contribution in [3.05, 3.63) is 34.9 Å². The largest absolute Gasteiger partial charge is 0.314 e. The maximum atomic E-state index is 3.69. The highest BCUT2D eigenvalue weighted by molar-refractivity contribution is 7.98. The van der Waals surface area contributed by atoms with Crippen LogP contribution in [0, 0.1) is 13.8 Å². The summed E-state index contributed by atoms with van der Waals surface area (Å²) in [5, 5.41) is 3.69. The maximum absolute atomic E-state index is 3.69. The van der Waals surface area contributed by atoms with Gasteiger partial charge in [-0.2, -0.15) is 11.8 Å². The molecule has 0 atom stereocenters. The summed E-state index contributed by atoms with van der Waals surface area (Å²) in [6.07, 6.45) is 6.95. The van der Waals surface area contributed by atoms with Crippen molar-refractivity contribution in [2.24, 2.45) is 0 Å². The molecular formula is C17H27NS. The fourth-order valence-electron chi connectivity index (χ4n) is 2.95. The number of hydrogen-bond acceptors (Lipinski definition) is 2. The molecule has 0 bridgehead atoms. The van der Waals surface area contributed by atoms with Crippen molar-refractivity contribution in [2.75, 3.05) is 12.3 Å². The van der Waals surface area contributed by atoms with E-state index < -0.39 is 0 Å². The van der Waals surface area contributed by atoms with Crippen molar-refractivity contribution in [1.82, 2.24) is 5.32 Å². The monoisotopic (exact) mass is 277 g/mol. The van der Waals surface area contributed by atoms with E-state index in [1.807, 2.05) is 0 Å². The zero-order valence-electron chi connectivity index (χ0n) is 12.4. The average Bonchev–Trinajstić information content (AvgIpc) is 2.85. The molecule has 1 N–H and O–H groups in total. The van der Waals surface area contributed by atoms with Gasteiger partial charge in [-0.15, -0.1) is 0 Å². The van der Waals surface area contributed by atoms with E-state index in [2.05, 4.69) is 49.1 Å². The highest BCUT2D eigenvalue weighted by Crippen LogP contribution is 2.18. The molecule has 0 saturated heterocycles. The lowest BCUT2D eigenvalue weighted by molar-refractivity contribution is 0.525. The predicted octanol–water partition coefficient (Wildman–Crippen LogP) is 4.46. The first-order valence-corrected chi connectivity index (χ1v) is 8.78. The molecule has 0 radical (unpaired) electrons. The molecule has 0 aliphatic heterocycles. The Morgan fingerprint density at radius 2 is 1.79 bits per heavy atom. The zero-order chi connectivity index (χ0) is 13.5. The maximum Gasteiger partial charge on any atom is 0.0184 e. The first-order valence-electron chi connectivity index (χ1n) is 7.62. The van der Waals surface area contributed by atoms with Gasteiger partial charge in [0.25, 0.3) is 0 Å². The molecule has 0 heterocycles. The normalized spacial score (nSPS) is 16.1. The first-order chi connectivity index (χ1) is 9.24. The summed E-state index contributed by atoms with van der Waals surface area (Å²) in [7, 11) is 0. The number of nitrogens with one attached hydrogen (secondary N) is 1. The minimum absolute atomic E-state index is 0.824. The lowest BCUT2D eigenvalue weighted by atomic mass is 10.1. The SMILES string of the molecule is Cc1cc(C)cc(CSCCCNC2CCCC2)c1. The van der Waals surface area contributed by atoms with Crippen LogP contribution in [0.4, 0.5) is 0 Å². The molecule has 0 unspecified atom stereocenters. The summed E-state index contributed by atoms with van der Waals surface area (Å²) in [5.41, 5.74) is 4.25. The van der Waals surface area contributed by atoms with Gasteiger partial charge in [-0.05, 0) is 51.0 Å². The molecule has 1 fully saturated rings. The van der Waals surface area contributed by atoms with Crippen molar-refractivity contribution in [3.8, 4) is 0 Å². The first kappa shape index (κ1) is 14.9. The van der Waals surface area contributed by atoms with Crippen LogP contribution in [0.1, 0.15) is 48.8 Å². The molecule has 19 heavy (non-hydrogen) atoms. The Morgan fingerprint density at radius 1 is 1.11 bits per heavy atom. The van der Waals surface area contributed by atoms with Gasteiger partial charge in [-0.1, -0.05) is 42.2 Å². The third-order valence-corrected chi connectivity index (χ3v) is 4.92. The summed E-state index contributed by atoms with van der Waals surface area (Å²) in [6, 6.07) is 7.71. The second kappa shape index (κ2) is 7.96. The Labute approximate surface area is 122 Å². The summed E-state index contributed by atoms with van der Waals surface area (Å²) in [4.78, 5) is 0. The van der Waals surface area contributed by atoms with E-state index in [9.17, 15) is 0 Å². The molecule has 1 aromatic rings. The molecule has 2 heteroatoms. The number of thioether (sulfide) groups is 1. The minimum atomic E-state index is 0.824. The Balaban J connectivity index is 1.56. The molecule has 1 aliphatic carbocycles. The average molecular weight is 277 g/mol. The third-order valence-electron chi connectivity index (χ3n) is 3.80. The van der Waals surface area contributed by atoms with Crippen LogP contribution in [0.3, 0.4) is 0 Å². The number of benzene rings is 1. The molecular weight excluding hydrogens is 250 g/mol. The smallest absolute Gasteiger partial charge is 0.0184 e. The molecule has 1 aliphatic rings. The van der Waals surface area contributed by atoms with E-state index in [1.165, 1.54) is 61.1 Å². The second-order valence-corrected chi connectivity index (χ2v) is 6.94. The molecule has 0 amide bonds. The van der Waals surface area contributed by atoms with Crippen LogP contribution >= 0.6 is 11.8 Å². The van der Waals surface area contributed by atoms with Crippen LogP contribution in [-0.2, 0) is 5.75 Å². The van der Waals surface area contributed by atoms with E-state index in [4.69, 9.17) is 0 Å². The van der Waals surface area contributed by atoms with Gasteiger partial charge in [0.2, 0.25) is 0 Å². The van der Waals surface area contributed by atoms with E-state index in [1.54, 1.807) is 0 Å². The van der Waals surface area contributed by atoms with E-state index in [0.717, 1.165) is 11.8 Å². The molecule has 0 spiro atoms. The van der Waals surface area contributed by atoms with Crippen molar-refractivity contribution < 1.29 is 0 Å². The van der Waals surface area contributed by atoms with Crippen LogP contribution < -0.4 is 5.32 Å². The second-order valence-electron chi connectivity index (χ2n) is 5.84. The molecule has 1 saturated carbocycles. The van der Waals surface area contributed by atoms with E-state index >= 15 is 0 Å². The van der Waals surface area contributed by atoms with Crippen molar-refractivity contribution in [2.45, 2.75) is 57.7 Å². The number of hydrogen-bond donors (Lipinski definition) is 1. The lowest BCUT2D eigenvalue weighted by Gasteiger charge is -2.11. The Kier molecular flexibility index (Phi) is 6.25. The quantitative estimate of drug-likeness (QED) is 0.739. The van der Waals surface area contributed by atoms with Gasteiger partial charge in [0.15, 0.2) is 0 Å². The van der Waals surface area contributed by atoms with Gasteiger partial charge >= 0.3 is 0 Å². The van der Waals surface area contributed by atoms with Gasteiger partial charge in [0, 0.05) is 11.8 Å². The molecule has 1 aromatic carbocycles. The van der Waals surface area contributed by atoms with Gasteiger partial charge in [-0.3, -0.25) is 0 Å². The fraction of sp³-hybridized carbons (Fsp3) is 0.647. The fourth-order valence-corrected chi connectivity index (χ4v) is 3.85. The Morgan fingerprint density at radius 3 is 2.47 bits per heavy atom. The molecule has 0 aromatic heterocycles. The van der Waals surface area contributed by atoms with E-state index in [-0.39, 0.29) is 0 Å². The summed E-state index contributed by atoms with van der Waals surface area (Å²) >= 11 is 2.07. The highest BCUT2D eigenvalue weighted by Gasteiger charge is 2.12. The lowest BCUT2D eigenvalue weighted by Crippen LogP contribution is -2.27. The van der Waals surface area contributed by atoms with Crippen LogP contribution in [-0.4, -0.2) is 18.3 Å². The predicted molar refractivity (Wildman–Crippen MR) is 87.0 cm³/mol. The highest BCUT2D eigenvalue weighted by atomic mass is 32.2. The molecule has 106 valence electrons. The van der Waals surface area contributed by atoms with Crippen molar-refractivity contribution in [1.29, 1.82) is 0 Å². The van der Waals surface area contributed by atoms with Gasteiger partial charge < -0.3 is 5.32 Å². The van der Waals surface area contributed by atoms with E-state index in [0.29, 0.717) is 0 Å². The van der Waals surface area contributed by atoms with Crippen LogP contribution in [0.5, 0.6) is 0 Å². The summed E-state index contributed by atoms with van der Waals surface area (Å²) in [5.74, 6) is 2.43. The Hall–Kier alpha value is -0.470. The van der Waals surface area contributed by atoms with Gasteiger partial charge in [0.05, 0.1) is 0 Å². The summed E-state index contributed by atoms with van der Waals surface area (Å²) in [6.45, 7) is 5.57. The van der Waals surface area contributed by atoms with Gasteiger partial charge in [0.1, 0.15) is 0 Å². The molecule has 1 nitrogen and oxygen atoms in total. The number of rotatable bonds is 7. The molecule has 2 rings (SSSR count). The Bertz CT molecular complexity index is 363. The standard InChI is InChI=1S/C17H27NS/c1-14-10-15(2)12-16(11-14)13-19-9-5-8-18-17-6-3-4-7-17/h10-12,17-18H,3-9,13H2,1-2H3. The number of aryl methyl sites for hydroxylation is 2. The third kappa shape index (κ3) is 5.58. The van der Waals surface area contributed by atoms with Crippen LogP contribution in [0.2, 0.25) is 0 Å². The summed E-state index contributed by atoms with van der Waals surface area (Å²) < 4.78 is 0. The zero-order valence-corrected chi connectivity index (χ0v) is 13.2. The minimum Gasteiger partial charge on any atom is -0.314 e. The van der Waals surface area contributed by atoms with Crippen LogP contribution in [0.15, 0.2) is 18.2 Å². The topological polar surface area (TPSA) is 12.0 Å². The van der Waals surface area contributed by atoms with Gasteiger partial charge in [-0.25, -0.2) is 0 Å². The van der Waals surface area contributed by atoms with Crippen molar-refractivity contribution >= 4 is 11.8 Å². The van der Waals surface area contributed by atoms with Crippen LogP contribution in [0.25, 0.3) is 0 Å².